The number of methoxy groups -OCH3 is 3. The number of carbonyl (C=O) groups excluding carboxylic acids is 2. The molecule has 4 rings (SSSR count). The highest BCUT2D eigenvalue weighted by atomic mass is 19.1. The molecular formula is C27H24FN3O5. The maximum absolute atomic E-state index is 13.4. The predicted octanol–water partition coefficient (Wildman–Crippen LogP) is 4.41. The van der Waals surface area contributed by atoms with E-state index in [2.05, 4.69) is 10.5 Å². The first kappa shape index (κ1) is 24.5. The van der Waals surface area contributed by atoms with Gasteiger partial charge in [-0.05, 0) is 61.0 Å². The molecule has 1 amide bonds. The van der Waals surface area contributed by atoms with E-state index in [1.165, 1.54) is 63.9 Å². The number of nitrogens with one attached hydrogen (secondary N) is 1. The fourth-order valence-electron chi connectivity index (χ4n) is 3.97. The zero-order chi connectivity index (χ0) is 25.8. The van der Waals surface area contributed by atoms with Gasteiger partial charge in [0, 0.05) is 22.9 Å². The van der Waals surface area contributed by atoms with Crippen molar-refractivity contribution in [1.82, 2.24) is 9.83 Å². The van der Waals surface area contributed by atoms with Gasteiger partial charge in [0.15, 0.2) is 11.5 Å². The standard InChI is InChI=1S/C27H24FN3O5/c1-16-20(15-29-30-27(33)18-13-22(34-2)26(36-4)23(14-18)35-3)21-7-5-6-12-31(21)24(16)25(32)17-8-10-19(28)11-9-17/h5-15H,1-4H3,(H,30,33)/b29-15+. The molecule has 2 aromatic carbocycles. The first-order valence-corrected chi connectivity index (χ1v) is 10.9. The number of benzene rings is 2. The van der Waals surface area contributed by atoms with Gasteiger partial charge < -0.3 is 18.6 Å². The Bertz CT molecular complexity index is 1450. The minimum Gasteiger partial charge on any atom is -0.493 e. The Morgan fingerprint density at radius 2 is 1.61 bits per heavy atom. The molecule has 0 spiro atoms. The minimum atomic E-state index is -0.491. The maximum atomic E-state index is 13.4. The van der Waals surface area contributed by atoms with Crippen LogP contribution in [0, 0.1) is 12.7 Å². The molecule has 2 aromatic heterocycles. The minimum absolute atomic E-state index is 0.255. The number of hydrogen-bond donors (Lipinski definition) is 1. The highest BCUT2D eigenvalue weighted by molar-refractivity contribution is 6.12. The number of carbonyl (C=O) groups is 2. The molecule has 0 aliphatic heterocycles. The molecule has 0 fully saturated rings. The van der Waals surface area contributed by atoms with Crippen LogP contribution in [0.5, 0.6) is 17.2 Å². The molecule has 0 unspecified atom stereocenters. The summed E-state index contributed by atoms with van der Waals surface area (Å²) in [6.45, 7) is 1.80. The van der Waals surface area contributed by atoms with Crippen LogP contribution in [0.4, 0.5) is 4.39 Å². The number of halogens is 1. The average Bonchev–Trinajstić information content (AvgIpc) is 3.18. The highest BCUT2D eigenvalue weighted by Crippen LogP contribution is 2.38. The summed E-state index contributed by atoms with van der Waals surface area (Å²) in [6, 6.07) is 13.9. The van der Waals surface area contributed by atoms with E-state index in [0.717, 1.165) is 5.52 Å². The molecule has 0 aliphatic rings. The number of pyridine rings is 1. The van der Waals surface area contributed by atoms with Crippen molar-refractivity contribution in [1.29, 1.82) is 0 Å². The van der Waals surface area contributed by atoms with Crippen molar-refractivity contribution >= 4 is 23.4 Å². The van der Waals surface area contributed by atoms with Crippen LogP contribution in [0.3, 0.4) is 0 Å². The smallest absolute Gasteiger partial charge is 0.271 e. The lowest BCUT2D eigenvalue weighted by Gasteiger charge is -2.13. The third-order valence-electron chi connectivity index (χ3n) is 5.74. The number of ketones is 1. The van der Waals surface area contributed by atoms with Gasteiger partial charge in [-0.15, -0.1) is 0 Å². The summed E-state index contributed by atoms with van der Waals surface area (Å²) >= 11 is 0. The zero-order valence-electron chi connectivity index (χ0n) is 20.2. The van der Waals surface area contributed by atoms with E-state index in [0.29, 0.717) is 39.6 Å². The summed E-state index contributed by atoms with van der Waals surface area (Å²) in [5, 5.41) is 4.13. The van der Waals surface area contributed by atoms with Crippen LogP contribution in [0.2, 0.25) is 0 Å². The number of amides is 1. The van der Waals surface area contributed by atoms with Crippen LogP contribution in [0.25, 0.3) is 5.52 Å². The average molecular weight is 490 g/mol. The van der Waals surface area contributed by atoms with Crippen molar-refractivity contribution in [2.24, 2.45) is 5.10 Å². The molecule has 0 radical (unpaired) electrons. The second-order valence-electron chi connectivity index (χ2n) is 7.79. The molecule has 36 heavy (non-hydrogen) atoms. The van der Waals surface area contributed by atoms with Crippen LogP contribution in [-0.4, -0.2) is 43.6 Å². The predicted molar refractivity (Wildman–Crippen MR) is 133 cm³/mol. The molecule has 0 saturated heterocycles. The van der Waals surface area contributed by atoms with E-state index in [-0.39, 0.29) is 11.3 Å². The van der Waals surface area contributed by atoms with Crippen LogP contribution in [0.1, 0.15) is 37.5 Å². The molecule has 0 atom stereocenters. The second kappa shape index (κ2) is 10.3. The van der Waals surface area contributed by atoms with Crippen molar-refractivity contribution in [3.63, 3.8) is 0 Å². The largest absolute Gasteiger partial charge is 0.493 e. The Hall–Kier alpha value is -4.66. The third kappa shape index (κ3) is 4.50. The van der Waals surface area contributed by atoms with E-state index < -0.39 is 11.7 Å². The lowest BCUT2D eigenvalue weighted by atomic mass is 10.0. The molecule has 184 valence electrons. The summed E-state index contributed by atoms with van der Waals surface area (Å²) in [7, 11) is 4.40. The zero-order valence-corrected chi connectivity index (χ0v) is 20.2. The normalized spacial score (nSPS) is 11.0. The highest BCUT2D eigenvalue weighted by Gasteiger charge is 2.21. The lowest BCUT2D eigenvalue weighted by Crippen LogP contribution is -2.18. The van der Waals surface area contributed by atoms with Gasteiger partial charge in [0.25, 0.3) is 5.91 Å². The number of ether oxygens (including phenoxy) is 3. The van der Waals surface area contributed by atoms with Crippen molar-refractivity contribution in [3.8, 4) is 17.2 Å². The van der Waals surface area contributed by atoms with Crippen LogP contribution in [0.15, 0.2) is 65.9 Å². The Labute approximate surface area is 206 Å². The number of hydrazone groups is 1. The van der Waals surface area contributed by atoms with Crippen molar-refractivity contribution < 1.29 is 28.2 Å². The third-order valence-corrected chi connectivity index (χ3v) is 5.74. The van der Waals surface area contributed by atoms with E-state index in [9.17, 15) is 14.0 Å². The number of rotatable bonds is 8. The van der Waals surface area contributed by atoms with Gasteiger partial charge in [-0.3, -0.25) is 9.59 Å². The van der Waals surface area contributed by atoms with Gasteiger partial charge in [0.1, 0.15) is 5.82 Å². The van der Waals surface area contributed by atoms with E-state index in [4.69, 9.17) is 14.2 Å². The Morgan fingerprint density at radius 3 is 2.22 bits per heavy atom. The van der Waals surface area contributed by atoms with Crippen molar-refractivity contribution in [3.05, 3.63) is 94.6 Å². The molecular weight excluding hydrogens is 465 g/mol. The van der Waals surface area contributed by atoms with Crippen molar-refractivity contribution in [2.75, 3.05) is 21.3 Å². The van der Waals surface area contributed by atoms with Gasteiger partial charge in [-0.2, -0.15) is 5.10 Å². The summed E-state index contributed by atoms with van der Waals surface area (Å²) in [5.41, 5.74) is 5.60. The SMILES string of the molecule is COc1cc(C(=O)N/N=C/c2c(C)c(C(=O)c3ccc(F)cc3)n3ccccc23)cc(OC)c1OC. The number of hydrogen-bond acceptors (Lipinski definition) is 6. The monoisotopic (exact) mass is 489 g/mol. The quantitative estimate of drug-likeness (QED) is 0.225. The number of aromatic nitrogens is 1. The summed E-state index contributed by atoms with van der Waals surface area (Å²) in [6.07, 6.45) is 3.26. The Balaban J connectivity index is 1.65. The molecule has 2 heterocycles. The molecule has 1 N–H and O–H groups in total. The van der Waals surface area contributed by atoms with Crippen LogP contribution in [-0.2, 0) is 0 Å². The summed E-state index contributed by atoms with van der Waals surface area (Å²) in [4.78, 5) is 26.0. The van der Waals surface area contributed by atoms with Gasteiger partial charge in [-0.1, -0.05) is 6.07 Å². The van der Waals surface area contributed by atoms with Crippen LogP contribution < -0.4 is 19.6 Å². The maximum Gasteiger partial charge on any atom is 0.271 e. The van der Waals surface area contributed by atoms with Gasteiger partial charge in [0.05, 0.1) is 38.8 Å². The van der Waals surface area contributed by atoms with E-state index >= 15 is 0 Å². The number of fused-ring (bicyclic) bond motifs is 1. The van der Waals surface area contributed by atoms with Gasteiger partial charge in [-0.25, -0.2) is 9.82 Å². The molecule has 0 saturated carbocycles. The lowest BCUT2D eigenvalue weighted by molar-refractivity contribution is 0.0953. The van der Waals surface area contributed by atoms with Crippen LogP contribution >= 0.6 is 0 Å². The molecule has 9 heteroatoms. The molecule has 4 aromatic rings. The first-order chi connectivity index (χ1) is 17.4. The van der Waals surface area contributed by atoms with Gasteiger partial charge >= 0.3 is 0 Å². The summed E-state index contributed by atoms with van der Waals surface area (Å²) < 4.78 is 31.0. The second-order valence-corrected chi connectivity index (χ2v) is 7.79. The fraction of sp³-hybridized carbons (Fsp3) is 0.148. The topological polar surface area (TPSA) is 90.6 Å². The van der Waals surface area contributed by atoms with E-state index in [1.807, 2.05) is 12.1 Å². The van der Waals surface area contributed by atoms with Gasteiger partial charge in [0.2, 0.25) is 11.5 Å². The van der Waals surface area contributed by atoms with Crippen molar-refractivity contribution in [2.45, 2.75) is 6.92 Å². The fourth-order valence-corrected chi connectivity index (χ4v) is 3.97. The molecule has 8 nitrogen and oxygen atoms in total. The number of nitrogens with zero attached hydrogens (tertiary/aromatic N) is 2. The summed E-state index contributed by atoms with van der Waals surface area (Å²) in [5.74, 6) is -0.120. The van der Waals surface area contributed by atoms with E-state index in [1.54, 1.807) is 23.6 Å². The molecule has 0 bridgehead atoms. The first-order valence-electron chi connectivity index (χ1n) is 10.9. The Kier molecular flexibility index (Phi) is 7.00. The Morgan fingerprint density at radius 1 is 0.944 bits per heavy atom. The molecule has 0 aliphatic carbocycles.